The highest BCUT2D eigenvalue weighted by Crippen LogP contribution is 2.39. The van der Waals surface area contributed by atoms with Crippen LogP contribution in [0.3, 0.4) is 0 Å². The van der Waals surface area contributed by atoms with Gasteiger partial charge in [-0.2, -0.15) is 10.5 Å². The molecule has 6 nitrogen and oxygen atoms in total. The highest BCUT2D eigenvalue weighted by molar-refractivity contribution is 6.14. The van der Waals surface area contributed by atoms with Gasteiger partial charge in [-0.3, -0.25) is 0 Å². The smallest absolute Gasteiger partial charge is 0.101 e. The molecule has 0 radical (unpaired) electrons. The molecule has 3 aromatic carbocycles. The number of benzene rings is 3. The van der Waals surface area contributed by atoms with Crippen molar-refractivity contribution in [1.82, 2.24) is 4.98 Å². The molecule has 4 aromatic rings. The first-order chi connectivity index (χ1) is 20.4. The fourth-order valence-corrected chi connectivity index (χ4v) is 4.77. The summed E-state index contributed by atoms with van der Waals surface area (Å²) in [6.07, 6.45) is 11.8. The zero-order valence-corrected chi connectivity index (χ0v) is 23.3. The number of nitrogens with two attached hydrogens (primary N) is 2. The van der Waals surface area contributed by atoms with E-state index in [2.05, 4.69) is 36.9 Å². The quantitative estimate of drug-likeness (QED) is 0.0868. The van der Waals surface area contributed by atoms with Crippen molar-refractivity contribution in [2.24, 2.45) is 11.5 Å². The zero-order chi connectivity index (χ0) is 30.1. The van der Waals surface area contributed by atoms with E-state index in [0.717, 1.165) is 50.3 Å². The number of pyridine rings is 1. The molecule has 4 rings (SSSR count). The predicted octanol–water partition coefficient (Wildman–Crippen LogP) is 7.42. The second-order valence-electron chi connectivity index (χ2n) is 9.55. The Balaban J connectivity index is 1.80. The summed E-state index contributed by atoms with van der Waals surface area (Å²) in [6.45, 7) is 5.82. The number of rotatable bonds is 9. The summed E-state index contributed by atoms with van der Waals surface area (Å²) in [4.78, 5) is 5.01. The molecular formula is C36H30N6. The minimum atomic E-state index is 0.184. The van der Waals surface area contributed by atoms with Crippen molar-refractivity contribution >= 4 is 33.3 Å². The van der Waals surface area contributed by atoms with Gasteiger partial charge in [-0.15, -0.1) is 0 Å². The highest BCUT2D eigenvalue weighted by atomic mass is 14.7. The van der Waals surface area contributed by atoms with Crippen molar-refractivity contribution in [2.75, 3.05) is 0 Å². The fraction of sp³-hybridized carbons (Fsp3) is 0.0556. The van der Waals surface area contributed by atoms with E-state index < -0.39 is 0 Å². The Labute approximate surface area is 245 Å². The molecule has 5 N–H and O–H groups in total. The largest absolute Gasteiger partial charge is 0.404 e. The normalized spacial score (nSPS) is 12.8. The number of nitriles is 2. The summed E-state index contributed by atoms with van der Waals surface area (Å²) < 4.78 is 0. The lowest BCUT2D eigenvalue weighted by atomic mass is 9.88. The van der Waals surface area contributed by atoms with Gasteiger partial charge in [0.1, 0.15) is 12.1 Å². The molecule has 0 bridgehead atoms. The Morgan fingerprint density at radius 3 is 2.10 bits per heavy atom. The molecular weight excluding hydrogens is 516 g/mol. The summed E-state index contributed by atoms with van der Waals surface area (Å²) in [5.41, 5.74) is 17.9. The van der Waals surface area contributed by atoms with Crippen molar-refractivity contribution < 1.29 is 0 Å². The van der Waals surface area contributed by atoms with Crippen LogP contribution in [0.5, 0.6) is 0 Å². The van der Waals surface area contributed by atoms with E-state index in [1.54, 1.807) is 12.2 Å². The summed E-state index contributed by atoms with van der Waals surface area (Å²) in [5, 5.41) is 30.0. The topological polar surface area (TPSA) is 136 Å². The molecule has 0 saturated carbocycles. The molecule has 1 heterocycles. The first kappa shape index (κ1) is 29.0. The number of nitrogens with zero attached hydrogens (tertiary/aromatic N) is 3. The van der Waals surface area contributed by atoms with Crippen LogP contribution in [0.2, 0.25) is 0 Å². The Hall–Kier alpha value is -5.98. The molecule has 6 heteroatoms. The van der Waals surface area contributed by atoms with Gasteiger partial charge in [0, 0.05) is 23.7 Å². The van der Waals surface area contributed by atoms with E-state index in [9.17, 15) is 5.26 Å². The van der Waals surface area contributed by atoms with Crippen molar-refractivity contribution in [3.63, 3.8) is 0 Å². The van der Waals surface area contributed by atoms with Gasteiger partial charge < -0.3 is 16.9 Å². The minimum Gasteiger partial charge on any atom is -0.404 e. The Bertz CT molecular complexity index is 1880. The van der Waals surface area contributed by atoms with Crippen LogP contribution in [-0.4, -0.2) is 11.2 Å². The van der Waals surface area contributed by atoms with Gasteiger partial charge in [0.05, 0.1) is 22.5 Å². The molecule has 0 unspecified atom stereocenters. The first-order valence-electron chi connectivity index (χ1n) is 13.3. The third-order valence-electron chi connectivity index (χ3n) is 6.85. The average Bonchev–Trinajstić information content (AvgIpc) is 3.03. The molecule has 0 fully saturated rings. The first-order valence-corrected chi connectivity index (χ1v) is 13.3. The zero-order valence-electron chi connectivity index (χ0n) is 23.3. The van der Waals surface area contributed by atoms with Crippen LogP contribution >= 0.6 is 0 Å². The molecule has 0 saturated heterocycles. The lowest BCUT2D eigenvalue weighted by Gasteiger charge is -2.16. The maximum absolute atomic E-state index is 9.29. The fourth-order valence-electron chi connectivity index (χ4n) is 4.77. The van der Waals surface area contributed by atoms with Gasteiger partial charge in [0.2, 0.25) is 0 Å². The maximum Gasteiger partial charge on any atom is 0.101 e. The second-order valence-corrected chi connectivity index (χ2v) is 9.55. The van der Waals surface area contributed by atoms with Crippen LogP contribution in [0, 0.1) is 28.1 Å². The minimum absolute atomic E-state index is 0.184. The molecule has 0 aliphatic heterocycles. The van der Waals surface area contributed by atoms with Crippen molar-refractivity contribution in [3.8, 4) is 23.4 Å². The lowest BCUT2D eigenvalue weighted by molar-refractivity contribution is 1.27. The van der Waals surface area contributed by atoms with Crippen LogP contribution in [0.25, 0.3) is 38.4 Å². The van der Waals surface area contributed by atoms with E-state index >= 15 is 0 Å². The Morgan fingerprint density at radius 1 is 0.905 bits per heavy atom. The molecule has 204 valence electrons. The van der Waals surface area contributed by atoms with Crippen LogP contribution in [-0.2, 0) is 6.42 Å². The van der Waals surface area contributed by atoms with E-state index in [4.69, 9.17) is 27.1 Å². The standard InChI is InChI=1S/C36H30N6/c1-24(18-26(20-37)21-38)33(41)15-8-7-10-28-29-11-3-5-13-31(29)36(32-14-6-4-12-30(28)32)35-17-9-16-34(42-35)25(2)19-27(22-39)23-40/h3-9,11-20,22,37H,1,10,39,41H2,2H3/b8-7-,25-19+,26-18+,27-22+,33-15-,37-20?. The molecule has 0 atom stereocenters. The Kier molecular flexibility index (Phi) is 9.25. The summed E-state index contributed by atoms with van der Waals surface area (Å²) in [7, 11) is 0. The number of aromatic nitrogens is 1. The number of hydrogen-bond acceptors (Lipinski definition) is 6. The number of nitrogens with one attached hydrogen (secondary N) is 1. The second kappa shape index (κ2) is 13.4. The summed E-state index contributed by atoms with van der Waals surface area (Å²) >= 11 is 0. The van der Waals surface area contributed by atoms with E-state index in [1.165, 1.54) is 17.8 Å². The molecule has 1 aromatic heterocycles. The van der Waals surface area contributed by atoms with Crippen molar-refractivity contribution in [1.29, 1.82) is 15.9 Å². The van der Waals surface area contributed by atoms with Gasteiger partial charge in [0.25, 0.3) is 0 Å². The predicted molar refractivity (Wildman–Crippen MR) is 173 cm³/mol. The van der Waals surface area contributed by atoms with E-state index in [0.29, 0.717) is 23.3 Å². The van der Waals surface area contributed by atoms with Crippen LogP contribution < -0.4 is 11.5 Å². The maximum atomic E-state index is 9.29. The van der Waals surface area contributed by atoms with Gasteiger partial charge in [-0.05, 0) is 82.0 Å². The third-order valence-corrected chi connectivity index (χ3v) is 6.85. The summed E-state index contributed by atoms with van der Waals surface area (Å²) in [5.74, 6) is 0. The van der Waals surface area contributed by atoms with Crippen LogP contribution in [0.1, 0.15) is 18.2 Å². The number of fused-ring (bicyclic) bond motifs is 2. The highest BCUT2D eigenvalue weighted by Gasteiger charge is 2.16. The molecule has 0 aliphatic rings. The molecule has 0 aliphatic carbocycles. The third kappa shape index (κ3) is 6.25. The van der Waals surface area contributed by atoms with Gasteiger partial charge in [-0.25, -0.2) is 4.98 Å². The van der Waals surface area contributed by atoms with Crippen molar-refractivity contribution in [3.05, 3.63) is 144 Å². The Morgan fingerprint density at radius 2 is 1.52 bits per heavy atom. The van der Waals surface area contributed by atoms with E-state index in [1.807, 2.05) is 67.6 Å². The molecule has 0 spiro atoms. The number of hydrogen-bond donors (Lipinski definition) is 3. The van der Waals surface area contributed by atoms with Crippen LogP contribution in [0.15, 0.2) is 132 Å². The van der Waals surface area contributed by atoms with Gasteiger partial charge in [-0.1, -0.05) is 73.3 Å². The molecule has 0 amide bonds. The lowest BCUT2D eigenvalue weighted by Crippen LogP contribution is -1.99. The monoisotopic (exact) mass is 546 g/mol. The number of allylic oxidation sites excluding steroid dienone is 8. The summed E-state index contributed by atoms with van der Waals surface area (Å²) in [6, 6.07) is 26.6. The SMILES string of the molecule is C=C(/C=C(/C#N)C=N)/C(N)=C/C=C\Cc1c2ccccc2c(-c2cccc(/C(C)=C/C(C#N)=C\N)n2)c2ccccc12. The molecule has 42 heavy (non-hydrogen) atoms. The average molecular weight is 547 g/mol. The van der Waals surface area contributed by atoms with Gasteiger partial charge in [0.15, 0.2) is 0 Å². The van der Waals surface area contributed by atoms with Crippen molar-refractivity contribution in [2.45, 2.75) is 13.3 Å². The van der Waals surface area contributed by atoms with Gasteiger partial charge >= 0.3 is 0 Å². The van der Waals surface area contributed by atoms with E-state index in [-0.39, 0.29) is 5.57 Å². The van der Waals surface area contributed by atoms with Crippen LogP contribution in [0.4, 0.5) is 0 Å².